The van der Waals surface area contributed by atoms with E-state index in [4.69, 9.17) is 0 Å². The summed E-state index contributed by atoms with van der Waals surface area (Å²) in [4.78, 5) is 14.2. The molecule has 0 spiro atoms. The van der Waals surface area contributed by atoms with Gasteiger partial charge in [0.1, 0.15) is 5.82 Å². The van der Waals surface area contributed by atoms with Crippen LogP contribution >= 0.6 is 15.9 Å². The number of allylic oxidation sites excluding steroid dienone is 1. The minimum absolute atomic E-state index is 0.0108. The normalized spacial score (nSPS) is 12.2. The molecule has 0 aliphatic heterocycles. The molecular formula is C23H22BrF4NO. The summed E-state index contributed by atoms with van der Waals surface area (Å²) >= 11 is 3.04. The monoisotopic (exact) mass is 483 g/mol. The molecule has 1 amide bonds. The van der Waals surface area contributed by atoms with Crippen LogP contribution in [0.4, 0.5) is 17.6 Å². The Kier molecular flexibility index (Phi) is 8.04. The molecule has 0 aliphatic rings. The van der Waals surface area contributed by atoms with Crippen LogP contribution in [0.25, 0.3) is 0 Å². The molecule has 2 rings (SSSR count). The Morgan fingerprint density at radius 3 is 2.37 bits per heavy atom. The molecule has 0 saturated heterocycles. The van der Waals surface area contributed by atoms with Gasteiger partial charge in [0, 0.05) is 23.5 Å². The fourth-order valence-electron chi connectivity index (χ4n) is 3.22. The van der Waals surface area contributed by atoms with Crippen molar-refractivity contribution < 1.29 is 22.4 Å². The van der Waals surface area contributed by atoms with E-state index in [1.165, 1.54) is 30.1 Å². The zero-order chi connectivity index (χ0) is 22.5. The van der Waals surface area contributed by atoms with Gasteiger partial charge in [0.15, 0.2) is 0 Å². The number of rotatable bonds is 7. The van der Waals surface area contributed by atoms with Crippen molar-refractivity contribution in [3.8, 4) is 0 Å². The van der Waals surface area contributed by atoms with Gasteiger partial charge in [-0.05, 0) is 48.2 Å². The van der Waals surface area contributed by atoms with Crippen LogP contribution in [0.3, 0.4) is 0 Å². The number of halogens is 5. The molecule has 2 aromatic carbocycles. The highest BCUT2D eigenvalue weighted by Crippen LogP contribution is 2.33. The Balaban J connectivity index is 2.29. The average Bonchev–Trinajstić information content (AvgIpc) is 2.69. The van der Waals surface area contributed by atoms with Crippen molar-refractivity contribution in [1.29, 1.82) is 0 Å². The molecule has 2 nitrogen and oxygen atoms in total. The van der Waals surface area contributed by atoms with E-state index in [0.717, 1.165) is 30.5 Å². The molecule has 0 aromatic heterocycles. The van der Waals surface area contributed by atoms with Crippen LogP contribution in [0.1, 0.15) is 53.6 Å². The topological polar surface area (TPSA) is 20.3 Å². The molecule has 0 bridgehead atoms. The second-order valence-electron chi connectivity index (χ2n) is 6.96. The summed E-state index contributed by atoms with van der Waals surface area (Å²) in [5.41, 5.74) is 3.11. The molecule has 0 radical (unpaired) electrons. The summed E-state index contributed by atoms with van der Waals surface area (Å²) in [6, 6.07) is 9.25. The maximum absolute atomic E-state index is 13.3. The summed E-state index contributed by atoms with van der Waals surface area (Å²) in [7, 11) is 1.48. The third-order valence-electron chi connectivity index (χ3n) is 4.80. The van der Waals surface area contributed by atoms with Crippen LogP contribution in [-0.2, 0) is 6.18 Å². The van der Waals surface area contributed by atoms with E-state index >= 15 is 0 Å². The molecule has 0 N–H and O–H groups in total. The first-order chi connectivity index (χ1) is 14.1. The van der Waals surface area contributed by atoms with E-state index < -0.39 is 17.6 Å². The summed E-state index contributed by atoms with van der Waals surface area (Å²) in [6.07, 6.45) is -2.52. The Labute approximate surface area is 182 Å². The van der Waals surface area contributed by atoms with Crippen LogP contribution in [0, 0.1) is 5.82 Å². The molecule has 2 aromatic rings. The van der Waals surface area contributed by atoms with E-state index in [9.17, 15) is 22.4 Å². The highest BCUT2D eigenvalue weighted by Gasteiger charge is 2.32. The molecule has 30 heavy (non-hydrogen) atoms. The SMILES string of the molecule is C=C=C(C[C@H](CCC)c1ccc(F)cc1)N(C)C(=O)c1cc(Br)cc(C(F)(F)F)c1. The summed E-state index contributed by atoms with van der Waals surface area (Å²) in [5.74, 6) is -0.943. The van der Waals surface area contributed by atoms with Crippen molar-refractivity contribution in [2.45, 2.75) is 38.3 Å². The first-order valence-electron chi connectivity index (χ1n) is 9.37. The smallest absolute Gasteiger partial charge is 0.308 e. The molecule has 0 aliphatic carbocycles. The first-order valence-corrected chi connectivity index (χ1v) is 10.2. The van der Waals surface area contributed by atoms with Gasteiger partial charge in [-0.2, -0.15) is 13.2 Å². The zero-order valence-electron chi connectivity index (χ0n) is 16.7. The fraction of sp³-hybridized carbons (Fsp3) is 0.304. The van der Waals surface area contributed by atoms with Gasteiger partial charge < -0.3 is 4.90 Å². The Morgan fingerprint density at radius 2 is 1.83 bits per heavy atom. The van der Waals surface area contributed by atoms with Crippen molar-refractivity contribution in [2.75, 3.05) is 7.05 Å². The highest BCUT2D eigenvalue weighted by molar-refractivity contribution is 9.10. The quantitative estimate of drug-likeness (QED) is 0.298. The molecule has 0 unspecified atom stereocenters. The van der Waals surface area contributed by atoms with Gasteiger partial charge in [-0.1, -0.05) is 48.0 Å². The maximum Gasteiger partial charge on any atom is 0.416 e. The molecular weight excluding hydrogens is 462 g/mol. The first kappa shape index (κ1) is 23.9. The summed E-state index contributed by atoms with van der Waals surface area (Å²) in [5, 5.41) is 0. The van der Waals surface area contributed by atoms with Crippen LogP contribution in [0.2, 0.25) is 0 Å². The van der Waals surface area contributed by atoms with Gasteiger partial charge in [-0.25, -0.2) is 4.39 Å². The number of carbonyl (C=O) groups excluding carboxylic acids is 1. The Hall–Kier alpha value is -2.37. The number of hydrogen-bond donors (Lipinski definition) is 0. The lowest BCUT2D eigenvalue weighted by Gasteiger charge is -2.24. The summed E-state index contributed by atoms with van der Waals surface area (Å²) in [6.45, 7) is 5.67. The molecule has 0 fully saturated rings. The van der Waals surface area contributed by atoms with Gasteiger partial charge in [0.2, 0.25) is 0 Å². The van der Waals surface area contributed by atoms with Crippen LogP contribution in [0.15, 0.2) is 64.9 Å². The van der Waals surface area contributed by atoms with Crippen LogP contribution < -0.4 is 0 Å². The molecule has 160 valence electrons. The third kappa shape index (κ3) is 6.07. The van der Waals surface area contributed by atoms with Crippen LogP contribution in [-0.4, -0.2) is 17.9 Å². The number of carbonyl (C=O) groups is 1. The molecule has 7 heteroatoms. The Bertz CT molecular complexity index is 947. The van der Waals surface area contributed by atoms with Crippen molar-refractivity contribution >= 4 is 21.8 Å². The second-order valence-corrected chi connectivity index (χ2v) is 7.87. The number of benzene rings is 2. The fourth-order valence-corrected chi connectivity index (χ4v) is 3.72. The molecule has 0 saturated carbocycles. The van der Waals surface area contributed by atoms with Crippen LogP contribution in [0.5, 0.6) is 0 Å². The predicted octanol–water partition coefficient (Wildman–Crippen LogP) is 7.32. The van der Waals surface area contributed by atoms with E-state index in [1.807, 2.05) is 6.92 Å². The van der Waals surface area contributed by atoms with Crippen molar-refractivity contribution in [1.82, 2.24) is 4.90 Å². The molecule has 0 heterocycles. The van der Waals surface area contributed by atoms with Gasteiger partial charge >= 0.3 is 6.18 Å². The van der Waals surface area contributed by atoms with Gasteiger partial charge in [-0.3, -0.25) is 4.79 Å². The summed E-state index contributed by atoms with van der Waals surface area (Å²) < 4.78 is 52.8. The van der Waals surface area contributed by atoms with Gasteiger partial charge in [0.25, 0.3) is 5.91 Å². The lowest BCUT2D eigenvalue weighted by atomic mass is 9.90. The van der Waals surface area contributed by atoms with Crippen molar-refractivity contribution in [3.05, 3.63) is 87.5 Å². The number of nitrogens with zero attached hydrogens (tertiary/aromatic N) is 1. The predicted molar refractivity (Wildman–Crippen MR) is 113 cm³/mol. The molecule has 1 atom stereocenters. The van der Waals surface area contributed by atoms with Gasteiger partial charge in [0.05, 0.1) is 11.3 Å². The van der Waals surface area contributed by atoms with E-state index in [0.29, 0.717) is 12.1 Å². The lowest BCUT2D eigenvalue weighted by molar-refractivity contribution is -0.137. The van der Waals surface area contributed by atoms with E-state index in [1.54, 1.807) is 12.1 Å². The van der Waals surface area contributed by atoms with E-state index in [2.05, 4.69) is 28.2 Å². The number of amides is 1. The number of hydrogen-bond acceptors (Lipinski definition) is 1. The lowest BCUT2D eigenvalue weighted by Crippen LogP contribution is -2.27. The second kappa shape index (κ2) is 10.1. The largest absolute Gasteiger partial charge is 0.416 e. The number of alkyl halides is 3. The van der Waals surface area contributed by atoms with Crippen molar-refractivity contribution in [2.24, 2.45) is 0 Å². The standard InChI is InChI=1S/C23H22BrF4NO/c1-4-6-16(15-7-9-20(25)10-8-15)13-21(5-2)29(3)22(30)17-11-18(23(26,27)28)14-19(24)12-17/h7-12,14,16H,2,4,6,13H2,1,3H3/t16-/m0/s1. The minimum Gasteiger partial charge on any atom is -0.308 e. The minimum atomic E-state index is -4.57. The van der Waals surface area contributed by atoms with Crippen molar-refractivity contribution in [3.63, 3.8) is 0 Å². The third-order valence-corrected chi connectivity index (χ3v) is 5.26. The average molecular weight is 484 g/mol. The maximum atomic E-state index is 13.3. The zero-order valence-corrected chi connectivity index (χ0v) is 18.3. The Morgan fingerprint density at radius 1 is 1.20 bits per heavy atom. The van der Waals surface area contributed by atoms with Gasteiger partial charge in [-0.15, -0.1) is 5.73 Å². The highest BCUT2D eigenvalue weighted by atomic mass is 79.9. The van der Waals surface area contributed by atoms with E-state index in [-0.39, 0.29) is 21.8 Å².